The Morgan fingerprint density at radius 2 is 1.15 bits per heavy atom. The van der Waals surface area contributed by atoms with Crippen molar-refractivity contribution < 1.29 is 0 Å². The van der Waals surface area contributed by atoms with E-state index >= 15 is 0 Å². The summed E-state index contributed by atoms with van der Waals surface area (Å²) in [6.07, 6.45) is 1.90. The van der Waals surface area contributed by atoms with Crippen LogP contribution >= 0.6 is 0 Å². The highest BCUT2D eigenvalue weighted by molar-refractivity contribution is 6.31. The fourth-order valence-corrected chi connectivity index (χ4v) is 9.24. The van der Waals surface area contributed by atoms with Gasteiger partial charge in [0.1, 0.15) is 0 Å². The highest BCUT2D eigenvalue weighted by Crippen LogP contribution is 2.52. The van der Waals surface area contributed by atoms with E-state index in [9.17, 15) is 5.26 Å². The van der Waals surface area contributed by atoms with Gasteiger partial charge in [-0.3, -0.25) is 4.98 Å². The monoisotopic (exact) mass is 673 g/mol. The summed E-state index contributed by atoms with van der Waals surface area (Å²) in [4.78, 5) is 10.5. The molecule has 8 aromatic carbocycles. The molecule has 1 aliphatic rings. The van der Waals surface area contributed by atoms with Gasteiger partial charge in [0.2, 0.25) is 0 Å². The molecule has 0 fully saturated rings. The first kappa shape index (κ1) is 29.8. The van der Waals surface area contributed by atoms with Crippen molar-refractivity contribution in [2.45, 2.75) is 19.3 Å². The smallest absolute Gasteiger partial charge is 0.0991 e. The first-order valence-electron chi connectivity index (χ1n) is 18.1. The van der Waals surface area contributed by atoms with Crippen LogP contribution in [0.1, 0.15) is 30.5 Å². The molecule has 0 saturated heterocycles. The second kappa shape index (κ2) is 10.8. The number of hydrogen-bond acceptors (Lipinski definition) is 3. The number of rotatable bonds is 2. The predicted octanol–water partition coefficient (Wildman–Crippen LogP) is 12.9. The summed E-state index contributed by atoms with van der Waals surface area (Å²) in [7, 11) is 0. The molecule has 3 heteroatoms. The average molecular weight is 674 g/mol. The zero-order valence-electron chi connectivity index (χ0n) is 29.3. The number of hydrogen-bond donors (Lipinski definition) is 0. The number of aromatic nitrogens is 2. The predicted molar refractivity (Wildman–Crippen MR) is 220 cm³/mol. The normalized spacial score (nSPS) is 13.2. The fourth-order valence-electron chi connectivity index (χ4n) is 9.24. The summed E-state index contributed by atoms with van der Waals surface area (Å²) in [6.45, 7) is 4.56. The minimum absolute atomic E-state index is 0.241. The van der Waals surface area contributed by atoms with Gasteiger partial charge in [0, 0.05) is 44.1 Å². The molecule has 246 valence electrons. The van der Waals surface area contributed by atoms with Crippen LogP contribution in [0.3, 0.4) is 0 Å². The highest BCUT2D eigenvalue weighted by atomic mass is 14.7. The van der Waals surface area contributed by atoms with Gasteiger partial charge in [-0.1, -0.05) is 129 Å². The first-order valence-corrected chi connectivity index (χ1v) is 18.1. The van der Waals surface area contributed by atoms with Gasteiger partial charge in [-0.05, 0) is 90.6 Å². The number of fused-ring (bicyclic) bond motifs is 12. The quantitative estimate of drug-likeness (QED) is 0.136. The van der Waals surface area contributed by atoms with Crippen molar-refractivity contribution in [3.63, 3.8) is 0 Å². The SMILES string of the molecule is CC1(C)c2cc(C#N)ccc2-c2ccc(-c3c4ccccc4c(-c4nc5ccccc5c5c4ccc4ccc6cccnc6c45)c4ccccc34)cc21. The molecule has 0 atom stereocenters. The summed E-state index contributed by atoms with van der Waals surface area (Å²) < 4.78 is 0. The standard InChI is InChI=1S/C50H31N3/c1-50(2)41-26-29(28-51)17-22-33(41)34-23-21-32(27-42(34)50)44-35-11-3-5-13-37(35)47(38-14-6-4-12-36(38)44)49-40-24-20-30-18-19-31-10-9-25-52-48(31)45(30)46(40)39-15-7-8-16-43(39)53-49/h3-27H,1-2H3. The second-order valence-corrected chi connectivity index (χ2v) is 14.8. The van der Waals surface area contributed by atoms with Crippen LogP contribution in [0.15, 0.2) is 152 Å². The van der Waals surface area contributed by atoms with Crippen molar-refractivity contribution in [3.05, 3.63) is 168 Å². The molecule has 2 heterocycles. The third-order valence-electron chi connectivity index (χ3n) is 11.7. The lowest BCUT2D eigenvalue weighted by molar-refractivity contribution is 0.660. The van der Waals surface area contributed by atoms with E-state index in [2.05, 4.69) is 153 Å². The molecule has 0 saturated carbocycles. The topological polar surface area (TPSA) is 49.6 Å². The molecule has 3 nitrogen and oxygen atoms in total. The van der Waals surface area contributed by atoms with Crippen molar-refractivity contribution in [2.24, 2.45) is 0 Å². The van der Waals surface area contributed by atoms with Crippen molar-refractivity contribution in [3.8, 4) is 39.6 Å². The molecule has 0 aliphatic heterocycles. The number of nitrogens with zero attached hydrogens (tertiary/aromatic N) is 3. The Bertz CT molecular complexity index is 3220. The molecule has 53 heavy (non-hydrogen) atoms. The van der Waals surface area contributed by atoms with E-state index in [-0.39, 0.29) is 5.41 Å². The molecule has 2 aromatic heterocycles. The summed E-state index contributed by atoms with van der Waals surface area (Å²) in [5, 5.41) is 21.3. The van der Waals surface area contributed by atoms with Gasteiger partial charge in [0.15, 0.2) is 0 Å². The molecular weight excluding hydrogens is 643 g/mol. The first-order chi connectivity index (χ1) is 26.0. The largest absolute Gasteiger partial charge is 0.256 e. The van der Waals surface area contributed by atoms with Crippen LogP contribution in [0.2, 0.25) is 0 Å². The zero-order valence-corrected chi connectivity index (χ0v) is 29.3. The maximum Gasteiger partial charge on any atom is 0.0991 e. The lowest BCUT2D eigenvalue weighted by Gasteiger charge is -2.23. The minimum Gasteiger partial charge on any atom is -0.256 e. The van der Waals surface area contributed by atoms with Crippen LogP contribution in [0.25, 0.3) is 98.4 Å². The van der Waals surface area contributed by atoms with Crippen LogP contribution in [-0.2, 0) is 5.41 Å². The average Bonchev–Trinajstić information content (AvgIpc) is 3.43. The second-order valence-electron chi connectivity index (χ2n) is 14.8. The number of pyridine rings is 2. The van der Waals surface area contributed by atoms with Gasteiger partial charge in [-0.15, -0.1) is 0 Å². The van der Waals surface area contributed by atoms with Crippen LogP contribution in [-0.4, -0.2) is 9.97 Å². The molecule has 0 radical (unpaired) electrons. The van der Waals surface area contributed by atoms with E-state index in [1.54, 1.807) is 0 Å². The zero-order chi connectivity index (χ0) is 35.4. The summed E-state index contributed by atoms with van der Waals surface area (Å²) >= 11 is 0. The van der Waals surface area contributed by atoms with E-state index in [0.29, 0.717) is 5.56 Å². The van der Waals surface area contributed by atoms with E-state index in [1.807, 2.05) is 18.3 Å². The van der Waals surface area contributed by atoms with Gasteiger partial charge in [0.05, 0.1) is 28.4 Å². The molecule has 10 aromatic rings. The van der Waals surface area contributed by atoms with Crippen molar-refractivity contribution in [1.29, 1.82) is 5.26 Å². The van der Waals surface area contributed by atoms with Gasteiger partial charge in [-0.2, -0.15) is 5.26 Å². The number of nitriles is 1. The van der Waals surface area contributed by atoms with Crippen LogP contribution in [0, 0.1) is 11.3 Å². The summed E-state index contributed by atoms with van der Waals surface area (Å²) in [6, 6.07) is 54.6. The van der Waals surface area contributed by atoms with E-state index in [4.69, 9.17) is 9.97 Å². The molecule has 0 N–H and O–H groups in total. The molecule has 11 rings (SSSR count). The molecule has 1 aliphatic carbocycles. The van der Waals surface area contributed by atoms with Crippen molar-refractivity contribution in [2.75, 3.05) is 0 Å². The van der Waals surface area contributed by atoms with Crippen LogP contribution in [0.5, 0.6) is 0 Å². The van der Waals surface area contributed by atoms with Crippen LogP contribution in [0.4, 0.5) is 0 Å². The van der Waals surface area contributed by atoms with E-state index in [0.717, 1.165) is 43.8 Å². The maximum atomic E-state index is 9.70. The Labute approximate surface area is 306 Å². The third-order valence-corrected chi connectivity index (χ3v) is 11.7. The van der Waals surface area contributed by atoms with E-state index in [1.165, 1.54) is 65.7 Å². The van der Waals surface area contributed by atoms with Crippen LogP contribution < -0.4 is 0 Å². The van der Waals surface area contributed by atoms with E-state index < -0.39 is 0 Å². The Kier molecular flexibility index (Phi) is 6.08. The van der Waals surface area contributed by atoms with Gasteiger partial charge in [-0.25, -0.2) is 4.98 Å². The third kappa shape index (κ3) is 4.09. The van der Waals surface area contributed by atoms with Gasteiger partial charge >= 0.3 is 0 Å². The van der Waals surface area contributed by atoms with Gasteiger partial charge < -0.3 is 0 Å². The number of para-hydroxylation sites is 1. The Balaban J connectivity index is 1.25. The molecule has 0 amide bonds. The van der Waals surface area contributed by atoms with Crippen molar-refractivity contribution in [1.82, 2.24) is 9.97 Å². The lowest BCUT2D eigenvalue weighted by atomic mass is 9.80. The summed E-state index contributed by atoms with van der Waals surface area (Å²) in [5.74, 6) is 0. The lowest BCUT2D eigenvalue weighted by Crippen LogP contribution is -2.15. The highest BCUT2D eigenvalue weighted by Gasteiger charge is 2.36. The fraction of sp³-hybridized carbons (Fsp3) is 0.0600. The Hall–Kier alpha value is -6.89. The Morgan fingerprint density at radius 1 is 0.528 bits per heavy atom. The minimum atomic E-state index is -0.241. The maximum absolute atomic E-state index is 9.70. The molecule has 0 unspecified atom stereocenters. The van der Waals surface area contributed by atoms with Gasteiger partial charge in [0.25, 0.3) is 0 Å². The number of benzene rings is 8. The molecule has 0 bridgehead atoms. The molecular formula is C50H31N3. The molecule has 0 spiro atoms. The summed E-state index contributed by atoms with van der Waals surface area (Å²) in [5.41, 5.74) is 11.9. The van der Waals surface area contributed by atoms with Crippen molar-refractivity contribution >= 4 is 64.9 Å². The Morgan fingerprint density at radius 3 is 1.89 bits per heavy atom.